The third-order valence-electron chi connectivity index (χ3n) is 5.11. The summed E-state index contributed by atoms with van der Waals surface area (Å²) in [6, 6.07) is 16.9. The molecule has 0 heterocycles. The number of fused-ring (bicyclic) bond motifs is 2. The molecule has 0 unspecified atom stereocenters. The van der Waals surface area contributed by atoms with Crippen LogP contribution in [0.1, 0.15) is 52.6 Å². The van der Waals surface area contributed by atoms with Gasteiger partial charge in [-0.1, -0.05) is 48.5 Å². The van der Waals surface area contributed by atoms with Gasteiger partial charge >= 0.3 is 11.9 Å². The van der Waals surface area contributed by atoms with Crippen LogP contribution in [0, 0.1) is 0 Å². The summed E-state index contributed by atoms with van der Waals surface area (Å²) >= 11 is 0. The Labute approximate surface area is 188 Å². The number of ketones is 2. The van der Waals surface area contributed by atoms with Crippen LogP contribution in [0.15, 0.2) is 66.7 Å². The fraction of sp³-hybridized carbons (Fsp3) is 0.0800. The van der Waals surface area contributed by atoms with Crippen molar-refractivity contribution in [2.45, 2.75) is 0 Å². The first kappa shape index (κ1) is 21.6. The van der Waals surface area contributed by atoms with E-state index in [2.05, 4.69) is 10.1 Å². The number of carbonyl (C=O) groups is 5. The molecule has 0 radical (unpaired) electrons. The van der Waals surface area contributed by atoms with E-state index in [9.17, 15) is 24.0 Å². The van der Waals surface area contributed by atoms with Crippen molar-refractivity contribution in [1.29, 1.82) is 0 Å². The van der Waals surface area contributed by atoms with Gasteiger partial charge in [0.05, 0.1) is 23.9 Å². The van der Waals surface area contributed by atoms with Crippen LogP contribution in [0.3, 0.4) is 0 Å². The van der Waals surface area contributed by atoms with Crippen molar-refractivity contribution in [3.8, 4) is 0 Å². The van der Waals surface area contributed by atoms with Gasteiger partial charge in [-0.05, 0) is 18.2 Å². The van der Waals surface area contributed by atoms with Crippen LogP contribution in [0.4, 0.5) is 5.69 Å². The van der Waals surface area contributed by atoms with Crippen LogP contribution >= 0.6 is 0 Å². The second-order valence-electron chi connectivity index (χ2n) is 7.09. The fourth-order valence-electron chi connectivity index (χ4n) is 3.59. The van der Waals surface area contributed by atoms with Gasteiger partial charge < -0.3 is 14.8 Å². The fourth-order valence-corrected chi connectivity index (χ4v) is 3.59. The van der Waals surface area contributed by atoms with E-state index in [0.717, 1.165) is 0 Å². The molecular formula is C25H17NO7. The maximum atomic E-state index is 13.0. The lowest BCUT2D eigenvalue weighted by atomic mass is 9.82. The average molecular weight is 443 g/mol. The SMILES string of the molecule is COC(=O)c1ccccc1NC(=O)COC(=O)c1cccc2c1C(=O)c1ccccc1C2=O. The van der Waals surface area contributed by atoms with E-state index in [-0.39, 0.29) is 44.9 Å². The minimum Gasteiger partial charge on any atom is -0.465 e. The van der Waals surface area contributed by atoms with E-state index in [0.29, 0.717) is 0 Å². The third kappa shape index (κ3) is 4.01. The number of benzene rings is 3. The van der Waals surface area contributed by atoms with Gasteiger partial charge in [-0.25, -0.2) is 9.59 Å². The van der Waals surface area contributed by atoms with E-state index < -0.39 is 30.2 Å². The molecule has 0 bridgehead atoms. The van der Waals surface area contributed by atoms with Gasteiger partial charge in [0.2, 0.25) is 0 Å². The highest BCUT2D eigenvalue weighted by Crippen LogP contribution is 2.29. The van der Waals surface area contributed by atoms with Crippen molar-refractivity contribution in [1.82, 2.24) is 0 Å². The minimum atomic E-state index is -0.927. The molecule has 1 amide bonds. The Morgan fingerprint density at radius 2 is 1.33 bits per heavy atom. The van der Waals surface area contributed by atoms with Crippen LogP contribution < -0.4 is 5.32 Å². The molecule has 164 valence electrons. The van der Waals surface area contributed by atoms with Crippen molar-refractivity contribution in [3.63, 3.8) is 0 Å². The van der Waals surface area contributed by atoms with Gasteiger partial charge in [-0.3, -0.25) is 14.4 Å². The van der Waals surface area contributed by atoms with Crippen molar-refractivity contribution in [3.05, 3.63) is 100 Å². The Morgan fingerprint density at radius 3 is 2.06 bits per heavy atom. The lowest BCUT2D eigenvalue weighted by Crippen LogP contribution is -2.26. The first-order valence-corrected chi connectivity index (χ1v) is 9.88. The van der Waals surface area contributed by atoms with Gasteiger partial charge in [-0.15, -0.1) is 0 Å². The highest BCUT2D eigenvalue weighted by atomic mass is 16.5. The largest absolute Gasteiger partial charge is 0.465 e. The number of para-hydroxylation sites is 1. The number of hydrogen-bond donors (Lipinski definition) is 1. The second-order valence-corrected chi connectivity index (χ2v) is 7.09. The molecule has 0 saturated heterocycles. The molecule has 1 aliphatic carbocycles. The Kier molecular flexibility index (Phi) is 5.82. The van der Waals surface area contributed by atoms with E-state index in [1.807, 2.05) is 0 Å². The van der Waals surface area contributed by atoms with Gasteiger partial charge in [-0.2, -0.15) is 0 Å². The summed E-state index contributed by atoms with van der Waals surface area (Å²) in [6.07, 6.45) is 0. The minimum absolute atomic E-state index is 0.0531. The van der Waals surface area contributed by atoms with Crippen molar-refractivity contribution in [2.75, 3.05) is 19.0 Å². The maximum absolute atomic E-state index is 13.0. The molecule has 1 aliphatic rings. The zero-order chi connectivity index (χ0) is 23.5. The van der Waals surface area contributed by atoms with Crippen LogP contribution in [-0.4, -0.2) is 43.1 Å². The van der Waals surface area contributed by atoms with Crippen LogP contribution in [0.5, 0.6) is 0 Å². The van der Waals surface area contributed by atoms with Gasteiger partial charge in [0, 0.05) is 22.3 Å². The summed E-state index contributed by atoms with van der Waals surface area (Å²) in [5.41, 5.74) is 0.742. The topological polar surface area (TPSA) is 116 Å². The summed E-state index contributed by atoms with van der Waals surface area (Å²) in [4.78, 5) is 62.7. The smallest absolute Gasteiger partial charge is 0.339 e. The number of hydrogen-bond acceptors (Lipinski definition) is 7. The van der Waals surface area contributed by atoms with Crippen molar-refractivity contribution >= 4 is 35.1 Å². The standard InChI is InChI=1S/C25H17NO7/c1-32-24(30)16-9-4-5-12-19(16)26-20(27)13-33-25(31)18-11-6-10-17-21(18)23(29)15-8-3-2-7-14(15)22(17)28/h2-12H,13H2,1H3,(H,26,27). The lowest BCUT2D eigenvalue weighted by molar-refractivity contribution is -0.119. The highest BCUT2D eigenvalue weighted by Gasteiger charge is 2.33. The van der Waals surface area contributed by atoms with Crippen LogP contribution in [0.25, 0.3) is 0 Å². The average Bonchev–Trinajstić information content (AvgIpc) is 2.85. The Hall–Kier alpha value is -4.59. The molecule has 0 saturated carbocycles. The first-order valence-electron chi connectivity index (χ1n) is 9.88. The maximum Gasteiger partial charge on any atom is 0.339 e. The summed E-state index contributed by atoms with van der Waals surface area (Å²) in [5.74, 6) is -3.10. The number of ether oxygens (including phenoxy) is 2. The summed E-state index contributed by atoms with van der Waals surface area (Å²) in [6.45, 7) is -0.670. The van der Waals surface area contributed by atoms with E-state index in [1.165, 1.54) is 43.5 Å². The number of anilines is 1. The van der Waals surface area contributed by atoms with E-state index in [1.54, 1.807) is 30.3 Å². The predicted octanol–water partition coefficient (Wildman–Crippen LogP) is 3.04. The second kappa shape index (κ2) is 8.88. The molecule has 8 heteroatoms. The molecule has 1 N–H and O–H groups in total. The summed E-state index contributed by atoms with van der Waals surface area (Å²) in [5, 5.41) is 2.49. The highest BCUT2D eigenvalue weighted by molar-refractivity contribution is 6.30. The van der Waals surface area contributed by atoms with Gasteiger partial charge in [0.25, 0.3) is 5.91 Å². The van der Waals surface area contributed by atoms with Crippen molar-refractivity contribution < 1.29 is 33.4 Å². The Bertz CT molecular complexity index is 1330. The number of methoxy groups -OCH3 is 1. The number of rotatable bonds is 5. The summed E-state index contributed by atoms with van der Waals surface area (Å²) in [7, 11) is 1.22. The van der Waals surface area contributed by atoms with Crippen LogP contribution in [0.2, 0.25) is 0 Å². The molecular weight excluding hydrogens is 426 g/mol. The zero-order valence-electron chi connectivity index (χ0n) is 17.4. The molecule has 0 atom stereocenters. The Morgan fingerprint density at radius 1 is 0.727 bits per heavy atom. The number of esters is 2. The molecule has 0 spiro atoms. The zero-order valence-corrected chi connectivity index (χ0v) is 17.4. The normalized spacial score (nSPS) is 11.8. The van der Waals surface area contributed by atoms with E-state index in [4.69, 9.17) is 4.74 Å². The predicted molar refractivity (Wildman–Crippen MR) is 116 cm³/mol. The molecule has 8 nitrogen and oxygen atoms in total. The van der Waals surface area contributed by atoms with E-state index >= 15 is 0 Å². The lowest BCUT2D eigenvalue weighted by Gasteiger charge is -2.19. The number of carbonyl (C=O) groups excluding carboxylic acids is 5. The van der Waals surface area contributed by atoms with Gasteiger partial charge in [0.1, 0.15) is 0 Å². The number of nitrogens with one attached hydrogen (secondary N) is 1. The summed E-state index contributed by atoms with van der Waals surface area (Å²) < 4.78 is 9.77. The molecule has 0 aliphatic heterocycles. The molecule has 0 fully saturated rings. The monoisotopic (exact) mass is 443 g/mol. The molecule has 3 aromatic carbocycles. The van der Waals surface area contributed by atoms with Gasteiger partial charge in [0.15, 0.2) is 18.2 Å². The van der Waals surface area contributed by atoms with Crippen molar-refractivity contribution in [2.24, 2.45) is 0 Å². The van der Waals surface area contributed by atoms with Crippen LogP contribution in [-0.2, 0) is 14.3 Å². The third-order valence-corrected chi connectivity index (χ3v) is 5.11. The molecule has 3 aromatic rings. The molecule has 33 heavy (non-hydrogen) atoms. The number of amides is 1. The Balaban J connectivity index is 1.52. The quantitative estimate of drug-likeness (QED) is 0.471. The molecule has 0 aromatic heterocycles. The first-order chi connectivity index (χ1) is 15.9. The molecule has 4 rings (SSSR count).